The van der Waals surface area contributed by atoms with Gasteiger partial charge in [-0.1, -0.05) is 52.9 Å². The van der Waals surface area contributed by atoms with Gasteiger partial charge >= 0.3 is 0 Å². The molecule has 1 fully saturated rings. The van der Waals surface area contributed by atoms with Gasteiger partial charge in [0.15, 0.2) is 0 Å². The predicted molar refractivity (Wildman–Crippen MR) is 59.8 cm³/mol. The van der Waals surface area contributed by atoms with Crippen molar-refractivity contribution in [3.05, 3.63) is 0 Å². The second-order valence-corrected chi connectivity index (χ2v) is 5.08. The minimum absolute atomic E-state index is 0.977. The van der Waals surface area contributed by atoms with Gasteiger partial charge in [-0.05, 0) is 30.6 Å². The molecular weight excluding hydrogens is 156 g/mol. The maximum absolute atomic E-state index is 2.43. The van der Waals surface area contributed by atoms with Crippen molar-refractivity contribution in [3.8, 4) is 0 Å². The lowest BCUT2D eigenvalue weighted by molar-refractivity contribution is 0.365. The summed E-state index contributed by atoms with van der Waals surface area (Å²) in [5, 5.41) is 0. The summed E-state index contributed by atoms with van der Waals surface area (Å²) in [4.78, 5) is 0. The molecule has 0 aromatic carbocycles. The van der Waals surface area contributed by atoms with E-state index in [1.165, 1.54) is 44.9 Å². The van der Waals surface area contributed by atoms with Gasteiger partial charge in [0, 0.05) is 0 Å². The molecule has 1 saturated carbocycles. The minimum Gasteiger partial charge on any atom is -0.0654 e. The van der Waals surface area contributed by atoms with E-state index in [2.05, 4.69) is 20.8 Å². The fourth-order valence-corrected chi connectivity index (χ4v) is 2.94. The second kappa shape index (κ2) is 5.67. The Morgan fingerprint density at radius 2 is 1.85 bits per heavy atom. The van der Waals surface area contributed by atoms with Gasteiger partial charge in [-0.3, -0.25) is 0 Å². The van der Waals surface area contributed by atoms with Crippen LogP contribution in [0.2, 0.25) is 0 Å². The zero-order chi connectivity index (χ0) is 9.68. The molecule has 0 heteroatoms. The molecule has 0 aliphatic heterocycles. The number of hydrogen-bond donors (Lipinski definition) is 0. The molecule has 0 radical (unpaired) electrons. The van der Waals surface area contributed by atoms with Crippen LogP contribution in [0, 0.1) is 17.8 Å². The first kappa shape index (κ1) is 11.1. The summed E-state index contributed by atoms with van der Waals surface area (Å²) in [6.45, 7) is 7.09. The lowest BCUT2D eigenvalue weighted by atomic mass is 9.91. The van der Waals surface area contributed by atoms with Crippen molar-refractivity contribution in [2.24, 2.45) is 17.8 Å². The molecule has 0 nitrogen and oxygen atoms in total. The first-order valence-corrected chi connectivity index (χ1v) is 6.26. The van der Waals surface area contributed by atoms with E-state index >= 15 is 0 Å². The first-order chi connectivity index (χ1) is 6.26. The van der Waals surface area contributed by atoms with Crippen LogP contribution in [0.3, 0.4) is 0 Å². The molecule has 0 heterocycles. The molecule has 0 bridgehead atoms. The van der Waals surface area contributed by atoms with Crippen molar-refractivity contribution in [3.63, 3.8) is 0 Å². The highest BCUT2D eigenvalue weighted by Gasteiger charge is 2.24. The molecule has 0 aromatic heterocycles. The van der Waals surface area contributed by atoms with Crippen LogP contribution in [-0.4, -0.2) is 0 Å². The normalized spacial score (nSPS) is 30.7. The molecule has 0 saturated heterocycles. The van der Waals surface area contributed by atoms with Gasteiger partial charge in [-0.15, -0.1) is 0 Å². The van der Waals surface area contributed by atoms with Gasteiger partial charge in [-0.2, -0.15) is 0 Å². The molecule has 1 rings (SSSR count). The van der Waals surface area contributed by atoms with Crippen molar-refractivity contribution in [1.82, 2.24) is 0 Å². The Morgan fingerprint density at radius 3 is 2.38 bits per heavy atom. The molecule has 3 unspecified atom stereocenters. The average molecular weight is 182 g/mol. The quantitative estimate of drug-likeness (QED) is 0.581. The summed E-state index contributed by atoms with van der Waals surface area (Å²) in [7, 11) is 0. The van der Waals surface area contributed by atoms with Gasteiger partial charge in [0.25, 0.3) is 0 Å². The van der Waals surface area contributed by atoms with E-state index in [9.17, 15) is 0 Å². The maximum Gasteiger partial charge on any atom is -0.0409 e. The van der Waals surface area contributed by atoms with Crippen molar-refractivity contribution < 1.29 is 0 Å². The van der Waals surface area contributed by atoms with E-state index in [0.717, 1.165) is 17.8 Å². The Bertz CT molecular complexity index is 128. The van der Waals surface area contributed by atoms with E-state index in [-0.39, 0.29) is 0 Å². The molecule has 13 heavy (non-hydrogen) atoms. The maximum atomic E-state index is 2.43. The van der Waals surface area contributed by atoms with Gasteiger partial charge in [0.1, 0.15) is 0 Å². The largest absolute Gasteiger partial charge is 0.0654 e. The lowest BCUT2D eigenvalue weighted by Gasteiger charge is -2.15. The van der Waals surface area contributed by atoms with E-state index in [1.807, 2.05) is 0 Å². The van der Waals surface area contributed by atoms with Crippen molar-refractivity contribution >= 4 is 0 Å². The molecule has 3 atom stereocenters. The topological polar surface area (TPSA) is 0 Å². The molecule has 0 amide bonds. The predicted octanol–water partition coefficient (Wildman–Crippen LogP) is 4.64. The molecule has 1 aliphatic rings. The van der Waals surface area contributed by atoms with Crippen molar-refractivity contribution in [2.45, 2.75) is 65.7 Å². The van der Waals surface area contributed by atoms with E-state index in [4.69, 9.17) is 0 Å². The Morgan fingerprint density at radius 1 is 1.15 bits per heavy atom. The Labute approximate surface area is 84.1 Å². The SMILES string of the molecule is CCCC(C)CC1CCC(CC)C1. The van der Waals surface area contributed by atoms with E-state index < -0.39 is 0 Å². The summed E-state index contributed by atoms with van der Waals surface area (Å²) in [5.74, 6) is 3.12. The highest BCUT2D eigenvalue weighted by Crippen LogP contribution is 2.37. The van der Waals surface area contributed by atoms with Crippen LogP contribution in [0.1, 0.15) is 65.7 Å². The summed E-state index contributed by atoms with van der Waals surface area (Å²) >= 11 is 0. The third-order valence-electron chi connectivity index (χ3n) is 3.74. The van der Waals surface area contributed by atoms with Gasteiger partial charge in [0.2, 0.25) is 0 Å². The van der Waals surface area contributed by atoms with Crippen LogP contribution in [-0.2, 0) is 0 Å². The highest BCUT2D eigenvalue weighted by atomic mass is 14.3. The Kier molecular flexibility index (Phi) is 4.83. The zero-order valence-corrected chi connectivity index (χ0v) is 9.68. The standard InChI is InChI=1S/C13H26/c1-4-6-11(3)9-13-8-7-12(5-2)10-13/h11-13H,4-10H2,1-3H3. The van der Waals surface area contributed by atoms with E-state index in [0.29, 0.717) is 0 Å². The van der Waals surface area contributed by atoms with Crippen LogP contribution >= 0.6 is 0 Å². The highest BCUT2D eigenvalue weighted by molar-refractivity contribution is 4.76. The molecule has 0 N–H and O–H groups in total. The monoisotopic (exact) mass is 182 g/mol. The van der Waals surface area contributed by atoms with Gasteiger partial charge < -0.3 is 0 Å². The molecule has 78 valence electrons. The van der Waals surface area contributed by atoms with Crippen LogP contribution in [0.5, 0.6) is 0 Å². The van der Waals surface area contributed by atoms with Gasteiger partial charge in [-0.25, -0.2) is 0 Å². The van der Waals surface area contributed by atoms with Crippen LogP contribution in [0.15, 0.2) is 0 Å². The van der Waals surface area contributed by atoms with Gasteiger partial charge in [0.05, 0.1) is 0 Å². The third-order valence-corrected chi connectivity index (χ3v) is 3.74. The Hall–Kier alpha value is 0. The summed E-state index contributed by atoms with van der Waals surface area (Å²) < 4.78 is 0. The van der Waals surface area contributed by atoms with Crippen LogP contribution in [0.4, 0.5) is 0 Å². The first-order valence-electron chi connectivity index (χ1n) is 6.26. The minimum atomic E-state index is 0.977. The molecule has 0 spiro atoms. The molecule has 1 aliphatic carbocycles. The second-order valence-electron chi connectivity index (χ2n) is 5.08. The summed E-state index contributed by atoms with van der Waals surface area (Å²) in [5.41, 5.74) is 0. The lowest BCUT2D eigenvalue weighted by Crippen LogP contribution is -2.03. The van der Waals surface area contributed by atoms with E-state index in [1.54, 1.807) is 0 Å². The zero-order valence-electron chi connectivity index (χ0n) is 9.68. The van der Waals surface area contributed by atoms with Crippen molar-refractivity contribution in [2.75, 3.05) is 0 Å². The van der Waals surface area contributed by atoms with Crippen molar-refractivity contribution in [1.29, 1.82) is 0 Å². The summed E-state index contributed by atoms with van der Waals surface area (Å²) in [6.07, 6.45) is 10.3. The fourth-order valence-electron chi connectivity index (χ4n) is 2.94. The smallest absolute Gasteiger partial charge is 0.0409 e. The molecular formula is C13H26. The van der Waals surface area contributed by atoms with Crippen LogP contribution in [0.25, 0.3) is 0 Å². The van der Waals surface area contributed by atoms with Crippen LogP contribution < -0.4 is 0 Å². The number of rotatable bonds is 5. The summed E-state index contributed by atoms with van der Waals surface area (Å²) in [6, 6.07) is 0. The average Bonchev–Trinajstić information content (AvgIpc) is 2.52. The third kappa shape index (κ3) is 3.70. The number of hydrogen-bond acceptors (Lipinski definition) is 0. The Balaban J connectivity index is 2.16. The molecule has 0 aromatic rings. The fraction of sp³-hybridized carbons (Fsp3) is 1.00.